The molecule has 0 saturated heterocycles. The Morgan fingerprint density at radius 2 is 2.11 bits per heavy atom. The fourth-order valence-corrected chi connectivity index (χ4v) is 1.67. The number of nitrogen functional groups attached to an aromatic ring is 1. The molecule has 0 bridgehead atoms. The molecule has 0 saturated carbocycles. The SMILES string of the molecule is COC(=O)CCCOC(=O)c1cc(N)ccc1Br. The van der Waals surface area contributed by atoms with Crippen LogP contribution >= 0.6 is 15.9 Å². The predicted molar refractivity (Wildman–Crippen MR) is 70.1 cm³/mol. The first-order chi connectivity index (χ1) is 8.54. The lowest BCUT2D eigenvalue weighted by Crippen LogP contribution is -2.09. The van der Waals surface area contributed by atoms with E-state index in [9.17, 15) is 9.59 Å². The van der Waals surface area contributed by atoms with Crippen LogP contribution in [0.2, 0.25) is 0 Å². The second-order valence-corrected chi connectivity index (χ2v) is 4.41. The van der Waals surface area contributed by atoms with Crippen LogP contribution in [0.3, 0.4) is 0 Å². The number of hydrogen-bond donors (Lipinski definition) is 1. The van der Waals surface area contributed by atoms with Gasteiger partial charge in [-0.1, -0.05) is 0 Å². The van der Waals surface area contributed by atoms with Gasteiger partial charge in [-0.3, -0.25) is 4.79 Å². The molecule has 98 valence electrons. The minimum Gasteiger partial charge on any atom is -0.469 e. The third kappa shape index (κ3) is 4.37. The zero-order valence-corrected chi connectivity index (χ0v) is 11.5. The third-order valence-electron chi connectivity index (χ3n) is 2.20. The normalized spacial score (nSPS) is 9.89. The highest BCUT2D eigenvalue weighted by Crippen LogP contribution is 2.20. The van der Waals surface area contributed by atoms with Crippen molar-refractivity contribution in [1.29, 1.82) is 0 Å². The first-order valence-electron chi connectivity index (χ1n) is 5.33. The van der Waals surface area contributed by atoms with Crippen LogP contribution in [0, 0.1) is 0 Å². The molecule has 1 aromatic carbocycles. The number of methoxy groups -OCH3 is 1. The zero-order valence-electron chi connectivity index (χ0n) is 9.94. The molecule has 5 nitrogen and oxygen atoms in total. The lowest BCUT2D eigenvalue weighted by atomic mass is 10.2. The Balaban J connectivity index is 2.46. The molecule has 1 rings (SSSR count). The summed E-state index contributed by atoms with van der Waals surface area (Å²) in [5.74, 6) is -0.796. The summed E-state index contributed by atoms with van der Waals surface area (Å²) in [5.41, 5.74) is 6.44. The summed E-state index contributed by atoms with van der Waals surface area (Å²) in [5, 5.41) is 0. The Hall–Kier alpha value is -1.56. The van der Waals surface area contributed by atoms with E-state index >= 15 is 0 Å². The monoisotopic (exact) mass is 315 g/mol. The topological polar surface area (TPSA) is 78.6 Å². The maximum absolute atomic E-state index is 11.7. The molecule has 0 amide bonds. The van der Waals surface area contributed by atoms with Crippen LogP contribution in [0.15, 0.2) is 22.7 Å². The van der Waals surface area contributed by atoms with Crippen molar-refractivity contribution in [2.75, 3.05) is 19.5 Å². The molecular formula is C12H14BrNO4. The smallest absolute Gasteiger partial charge is 0.339 e. The van der Waals surface area contributed by atoms with E-state index in [-0.39, 0.29) is 19.0 Å². The molecule has 18 heavy (non-hydrogen) atoms. The number of hydrogen-bond acceptors (Lipinski definition) is 5. The van der Waals surface area contributed by atoms with E-state index in [1.54, 1.807) is 12.1 Å². The summed E-state index contributed by atoms with van der Waals surface area (Å²) in [4.78, 5) is 22.5. The van der Waals surface area contributed by atoms with Crippen LogP contribution in [-0.2, 0) is 14.3 Å². The van der Waals surface area contributed by atoms with E-state index in [0.29, 0.717) is 22.1 Å². The highest BCUT2D eigenvalue weighted by Gasteiger charge is 2.12. The van der Waals surface area contributed by atoms with E-state index in [0.717, 1.165) is 0 Å². The molecule has 0 spiro atoms. The Labute approximate surface area is 113 Å². The van der Waals surface area contributed by atoms with Gasteiger partial charge in [0.2, 0.25) is 0 Å². The fraction of sp³-hybridized carbons (Fsp3) is 0.333. The van der Waals surface area contributed by atoms with Crippen molar-refractivity contribution < 1.29 is 19.1 Å². The molecule has 0 aliphatic carbocycles. The third-order valence-corrected chi connectivity index (χ3v) is 2.89. The first kappa shape index (κ1) is 14.5. The minimum absolute atomic E-state index is 0.162. The van der Waals surface area contributed by atoms with E-state index in [1.807, 2.05) is 0 Å². The van der Waals surface area contributed by atoms with Crippen LogP contribution in [-0.4, -0.2) is 25.7 Å². The van der Waals surface area contributed by atoms with Gasteiger partial charge in [0.25, 0.3) is 0 Å². The standard InChI is InChI=1S/C12H14BrNO4/c1-17-11(15)3-2-6-18-12(16)9-7-8(14)4-5-10(9)13/h4-5,7H,2-3,6,14H2,1H3. The van der Waals surface area contributed by atoms with E-state index < -0.39 is 5.97 Å². The van der Waals surface area contributed by atoms with Crippen molar-refractivity contribution in [2.45, 2.75) is 12.8 Å². The van der Waals surface area contributed by atoms with Gasteiger partial charge in [-0.25, -0.2) is 4.79 Å². The summed E-state index contributed by atoms with van der Waals surface area (Å²) in [6, 6.07) is 4.89. The number of nitrogens with two attached hydrogens (primary N) is 1. The van der Waals surface area contributed by atoms with E-state index in [1.165, 1.54) is 13.2 Å². The van der Waals surface area contributed by atoms with E-state index in [2.05, 4.69) is 20.7 Å². The van der Waals surface area contributed by atoms with Gasteiger partial charge < -0.3 is 15.2 Å². The van der Waals surface area contributed by atoms with Crippen molar-refractivity contribution in [1.82, 2.24) is 0 Å². The number of esters is 2. The van der Waals surface area contributed by atoms with Gasteiger partial charge in [-0.2, -0.15) is 0 Å². The molecule has 0 heterocycles. The number of halogens is 1. The number of anilines is 1. The number of ether oxygens (including phenoxy) is 2. The van der Waals surface area contributed by atoms with Crippen molar-refractivity contribution >= 4 is 33.6 Å². The number of rotatable bonds is 5. The average molecular weight is 316 g/mol. The molecule has 0 unspecified atom stereocenters. The lowest BCUT2D eigenvalue weighted by Gasteiger charge is -2.06. The van der Waals surface area contributed by atoms with Gasteiger partial charge in [-0.05, 0) is 40.5 Å². The van der Waals surface area contributed by atoms with Crippen LogP contribution < -0.4 is 5.73 Å². The van der Waals surface area contributed by atoms with Crippen LogP contribution in [0.1, 0.15) is 23.2 Å². The quantitative estimate of drug-likeness (QED) is 0.511. The van der Waals surface area contributed by atoms with Crippen LogP contribution in [0.25, 0.3) is 0 Å². The van der Waals surface area contributed by atoms with Gasteiger partial charge in [-0.15, -0.1) is 0 Å². The molecule has 0 aliphatic heterocycles. The highest BCUT2D eigenvalue weighted by molar-refractivity contribution is 9.10. The Morgan fingerprint density at radius 1 is 1.39 bits per heavy atom. The molecule has 2 N–H and O–H groups in total. The molecule has 1 aromatic rings. The molecule has 0 radical (unpaired) electrons. The minimum atomic E-state index is -0.473. The van der Waals surface area contributed by atoms with Gasteiger partial charge in [0.15, 0.2) is 0 Å². The summed E-state index contributed by atoms with van der Waals surface area (Å²) in [6.45, 7) is 0.162. The predicted octanol–water partition coefficient (Wildman–Crippen LogP) is 2.14. The van der Waals surface area contributed by atoms with Gasteiger partial charge in [0.05, 0.1) is 19.3 Å². The van der Waals surface area contributed by atoms with Crippen molar-refractivity contribution in [3.63, 3.8) is 0 Å². The largest absolute Gasteiger partial charge is 0.469 e. The Morgan fingerprint density at radius 3 is 2.78 bits per heavy atom. The van der Waals surface area contributed by atoms with Crippen LogP contribution in [0.5, 0.6) is 0 Å². The fourth-order valence-electron chi connectivity index (χ4n) is 1.26. The molecular weight excluding hydrogens is 302 g/mol. The zero-order chi connectivity index (χ0) is 13.5. The van der Waals surface area contributed by atoms with Crippen molar-refractivity contribution in [2.24, 2.45) is 0 Å². The summed E-state index contributed by atoms with van der Waals surface area (Å²) in [7, 11) is 1.32. The van der Waals surface area contributed by atoms with Crippen molar-refractivity contribution in [3.8, 4) is 0 Å². The molecule has 0 aliphatic rings. The van der Waals surface area contributed by atoms with Gasteiger partial charge in [0, 0.05) is 16.6 Å². The number of carbonyl (C=O) groups excluding carboxylic acids is 2. The Bertz CT molecular complexity index is 448. The average Bonchev–Trinajstić information content (AvgIpc) is 2.36. The first-order valence-corrected chi connectivity index (χ1v) is 6.13. The maximum atomic E-state index is 11.7. The lowest BCUT2D eigenvalue weighted by molar-refractivity contribution is -0.140. The van der Waals surface area contributed by atoms with Gasteiger partial charge in [0.1, 0.15) is 0 Å². The summed E-state index contributed by atoms with van der Waals surface area (Å²) in [6.07, 6.45) is 0.653. The molecule has 6 heteroatoms. The second-order valence-electron chi connectivity index (χ2n) is 3.55. The van der Waals surface area contributed by atoms with Crippen molar-refractivity contribution in [3.05, 3.63) is 28.2 Å². The number of benzene rings is 1. The molecule has 0 fully saturated rings. The molecule has 0 atom stereocenters. The summed E-state index contributed by atoms with van der Waals surface area (Å²) >= 11 is 3.24. The maximum Gasteiger partial charge on any atom is 0.339 e. The Kier molecular flexibility index (Phi) is 5.64. The summed E-state index contributed by atoms with van der Waals surface area (Å²) < 4.78 is 10.1. The number of carbonyl (C=O) groups is 2. The van der Waals surface area contributed by atoms with Crippen LogP contribution in [0.4, 0.5) is 5.69 Å². The second kappa shape index (κ2) is 7.00. The van der Waals surface area contributed by atoms with E-state index in [4.69, 9.17) is 10.5 Å². The molecule has 0 aromatic heterocycles. The highest BCUT2D eigenvalue weighted by atomic mass is 79.9. The van der Waals surface area contributed by atoms with Gasteiger partial charge >= 0.3 is 11.9 Å².